The van der Waals surface area contributed by atoms with Gasteiger partial charge in [-0.2, -0.15) is 5.26 Å². The lowest BCUT2D eigenvalue weighted by atomic mass is 10.1. The van der Waals surface area contributed by atoms with E-state index in [1.807, 2.05) is 6.07 Å². The molecule has 3 nitrogen and oxygen atoms in total. The third kappa shape index (κ3) is 3.31. The molecule has 0 aliphatic rings. The molecule has 16 heavy (non-hydrogen) atoms. The fraction of sp³-hybridized carbons (Fsp3) is 0.167. The third-order valence-electron chi connectivity index (χ3n) is 1.78. The second-order valence-electron chi connectivity index (χ2n) is 2.86. The minimum absolute atomic E-state index is 0.00358. The topological polar surface area (TPSA) is 50.1 Å². The van der Waals surface area contributed by atoms with E-state index < -0.39 is 5.97 Å². The minimum Gasteiger partial charge on any atom is -0.468 e. The van der Waals surface area contributed by atoms with E-state index in [4.69, 9.17) is 16.9 Å². The van der Waals surface area contributed by atoms with Gasteiger partial charge in [0.05, 0.1) is 23.8 Å². The number of ether oxygens (including phenoxy) is 1. The van der Waals surface area contributed by atoms with Crippen molar-refractivity contribution in [2.45, 2.75) is 6.42 Å². The second kappa shape index (κ2) is 5.80. The Kier molecular flexibility index (Phi) is 4.39. The van der Waals surface area contributed by atoms with Gasteiger partial charge in [-0.3, -0.25) is 4.79 Å². The number of hydrogen-bond acceptors (Lipinski definition) is 3. The van der Waals surface area contributed by atoms with Crippen LogP contribution in [-0.2, 0) is 9.53 Å². The molecule has 0 unspecified atom stereocenters. The number of benzene rings is 1. The second-order valence-corrected chi connectivity index (χ2v) is 3.27. The summed E-state index contributed by atoms with van der Waals surface area (Å²) < 4.78 is 4.44. The zero-order chi connectivity index (χ0) is 12.0. The predicted octanol–water partition coefficient (Wildman–Crippen LogP) is 2.13. The first-order chi connectivity index (χ1) is 7.67. The van der Waals surface area contributed by atoms with Crippen LogP contribution in [0.4, 0.5) is 0 Å². The molecule has 0 amide bonds. The van der Waals surface area contributed by atoms with E-state index in [-0.39, 0.29) is 6.42 Å². The first-order valence-electron chi connectivity index (χ1n) is 4.42. The normalized spacial score (nSPS) is 8.56. The lowest BCUT2D eigenvalue weighted by Gasteiger charge is -1.95. The van der Waals surface area contributed by atoms with Gasteiger partial charge < -0.3 is 4.74 Å². The Morgan fingerprint density at radius 1 is 1.56 bits per heavy atom. The summed E-state index contributed by atoms with van der Waals surface area (Å²) >= 11 is 5.87. The summed E-state index contributed by atoms with van der Waals surface area (Å²) in [6.45, 7) is 0. The predicted molar refractivity (Wildman–Crippen MR) is 59.7 cm³/mol. The summed E-state index contributed by atoms with van der Waals surface area (Å²) in [7, 11) is 1.30. The Morgan fingerprint density at radius 2 is 2.31 bits per heavy atom. The first-order valence-corrected chi connectivity index (χ1v) is 4.80. The van der Waals surface area contributed by atoms with Crippen molar-refractivity contribution in [2.75, 3.05) is 7.11 Å². The molecule has 1 aromatic carbocycles. The average molecular weight is 234 g/mol. The minimum atomic E-state index is -0.403. The number of hydrogen-bond donors (Lipinski definition) is 0. The molecular weight excluding hydrogens is 226 g/mol. The van der Waals surface area contributed by atoms with Crippen LogP contribution in [0.5, 0.6) is 0 Å². The zero-order valence-corrected chi connectivity index (χ0v) is 9.34. The number of halogens is 1. The summed E-state index contributed by atoms with van der Waals surface area (Å²) in [5.74, 6) is 4.94. The van der Waals surface area contributed by atoms with Crippen molar-refractivity contribution in [1.82, 2.24) is 0 Å². The molecule has 0 radical (unpaired) electrons. The molecule has 0 spiro atoms. The SMILES string of the molecule is COC(=O)CC#Cc1cc(C#N)ccc1Cl. The molecule has 0 saturated carbocycles. The summed E-state index contributed by atoms with van der Waals surface area (Å²) in [4.78, 5) is 10.8. The number of methoxy groups -OCH3 is 1. The van der Waals surface area contributed by atoms with Crippen LogP contribution in [0.15, 0.2) is 18.2 Å². The van der Waals surface area contributed by atoms with Crippen LogP contribution in [0.25, 0.3) is 0 Å². The molecule has 0 aliphatic carbocycles. The van der Waals surface area contributed by atoms with E-state index in [2.05, 4.69) is 16.6 Å². The van der Waals surface area contributed by atoms with Gasteiger partial charge in [0.2, 0.25) is 0 Å². The lowest BCUT2D eigenvalue weighted by molar-refractivity contribution is -0.139. The zero-order valence-electron chi connectivity index (χ0n) is 8.58. The molecule has 0 aromatic heterocycles. The molecule has 0 aliphatic heterocycles. The summed E-state index contributed by atoms with van der Waals surface area (Å²) in [6, 6.07) is 6.77. The highest BCUT2D eigenvalue weighted by Crippen LogP contribution is 2.16. The van der Waals surface area contributed by atoms with Crippen LogP contribution in [-0.4, -0.2) is 13.1 Å². The Morgan fingerprint density at radius 3 is 2.94 bits per heavy atom. The number of nitriles is 1. The van der Waals surface area contributed by atoms with Gasteiger partial charge in [0.1, 0.15) is 6.42 Å². The molecule has 0 fully saturated rings. The first kappa shape index (κ1) is 12.1. The van der Waals surface area contributed by atoms with Crippen molar-refractivity contribution in [3.05, 3.63) is 34.3 Å². The largest absolute Gasteiger partial charge is 0.468 e. The van der Waals surface area contributed by atoms with Crippen LogP contribution in [0.1, 0.15) is 17.5 Å². The quantitative estimate of drug-likeness (QED) is 0.552. The van der Waals surface area contributed by atoms with E-state index in [9.17, 15) is 4.79 Å². The monoisotopic (exact) mass is 233 g/mol. The van der Waals surface area contributed by atoms with Crippen LogP contribution in [0.3, 0.4) is 0 Å². The van der Waals surface area contributed by atoms with Crippen molar-refractivity contribution >= 4 is 17.6 Å². The highest BCUT2D eigenvalue weighted by Gasteiger charge is 1.99. The van der Waals surface area contributed by atoms with Crippen molar-refractivity contribution in [3.63, 3.8) is 0 Å². The molecule has 1 rings (SSSR count). The molecule has 0 N–H and O–H groups in total. The van der Waals surface area contributed by atoms with Gasteiger partial charge in [-0.05, 0) is 18.2 Å². The molecular formula is C12H8ClNO2. The van der Waals surface area contributed by atoms with Crippen molar-refractivity contribution in [3.8, 4) is 17.9 Å². The highest BCUT2D eigenvalue weighted by atomic mass is 35.5. The maximum atomic E-state index is 10.8. The van der Waals surface area contributed by atoms with Crippen LogP contribution in [0, 0.1) is 23.2 Å². The van der Waals surface area contributed by atoms with Gasteiger partial charge in [0.15, 0.2) is 0 Å². The van der Waals surface area contributed by atoms with Crippen molar-refractivity contribution in [1.29, 1.82) is 5.26 Å². The highest BCUT2D eigenvalue weighted by molar-refractivity contribution is 6.31. The van der Waals surface area contributed by atoms with Gasteiger partial charge in [-0.25, -0.2) is 0 Å². The third-order valence-corrected chi connectivity index (χ3v) is 2.11. The van der Waals surface area contributed by atoms with Gasteiger partial charge in [0, 0.05) is 5.56 Å². The van der Waals surface area contributed by atoms with Gasteiger partial charge in [-0.1, -0.05) is 23.4 Å². The lowest BCUT2D eigenvalue weighted by Crippen LogP contribution is -1.97. The maximum absolute atomic E-state index is 10.8. The smallest absolute Gasteiger partial charge is 0.317 e. The Labute approximate surface area is 98.6 Å². The summed E-state index contributed by atoms with van der Waals surface area (Å²) in [5.41, 5.74) is 1.01. The van der Waals surface area contributed by atoms with E-state index in [1.54, 1.807) is 18.2 Å². The molecule has 0 heterocycles. The average Bonchev–Trinajstić information content (AvgIpc) is 2.31. The van der Waals surface area contributed by atoms with Crippen LogP contribution in [0.2, 0.25) is 5.02 Å². The molecule has 1 aromatic rings. The van der Waals surface area contributed by atoms with E-state index in [1.165, 1.54) is 7.11 Å². The Balaban J connectivity index is 2.88. The molecule has 0 atom stereocenters. The number of nitrogens with zero attached hydrogens (tertiary/aromatic N) is 1. The number of carbonyl (C=O) groups excluding carboxylic acids is 1. The Bertz CT molecular complexity index is 506. The van der Waals surface area contributed by atoms with Crippen LogP contribution >= 0.6 is 11.6 Å². The van der Waals surface area contributed by atoms with E-state index >= 15 is 0 Å². The van der Waals surface area contributed by atoms with Crippen LogP contribution < -0.4 is 0 Å². The number of esters is 1. The summed E-state index contributed by atoms with van der Waals surface area (Å²) in [6.07, 6.45) is 0.00358. The van der Waals surface area contributed by atoms with Gasteiger partial charge in [0.25, 0.3) is 0 Å². The van der Waals surface area contributed by atoms with Crippen molar-refractivity contribution < 1.29 is 9.53 Å². The van der Waals surface area contributed by atoms with Gasteiger partial charge in [-0.15, -0.1) is 0 Å². The van der Waals surface area contributed by atoms with E-state index in [0.29, 0.717) is 16.1 Å². The van der Waals surface area contributed by atoms with E-state index in [0.717, 1.165) is 0 Å². The summed E-state index contributed by atoms with van der Waals surface area (Å²) in [5, 5.41) is 9.14. The molecule has 4 heteroatoms. The van der Waals surface area contributed by atoms with Crippen molar-refractivity contribution in [2.24, 2.45) is 0 Å². The number of rotatable bonds is 1. The fourth-order valence-electron chi connectivity index (χ4n) is 0.974. The standard InChI is InChI=1S/C12H8ClNO2/c1-16-12(15)4-2-3-10-7-9(8-14)5-6-11(10)13/h5-7H,4H2,1H3. The maximum Gasteiger partial charge on any atom is 0.317 e. The Hall–Kier alpha value is -1.97. The molecule has 0 saturated heterocycles. The molecule has 0 bridgehead atoms. The fourth-order valence-corrected chi connectivity index (χ4v) is 1.14. The number of carbonyl (C=O) groups is 1. The molecule has 80 valence electrons. The van der Waals surface area contributed by atoms with Gasteiger partial charge >= 0.3 is 5.97 Å².